The average molecular weight is 415 g/mol. The van der Waals surface area contributed by atoms with Gasteiger partial charge in [0.1, 0.15) is 5.82 Å². The predicted molar refractivity (Wildman–Crippen MR) is 123 cm³/mol. The molecule has 0 aliphatic carbocycles. The molecule has 1 saturated heterocycles. The van der Waals surface area contributed by atoms with Crippen molar-refractivity contribution in [2.24, 2.45) is 0 Å². The van der Waals surface area contributed by atoms with Gasteiger partial charge in [-0.25, -0.2) is 9.97 Å². The maximum absolute atomic E-state index is 12.6. The Morgan fingerprint density at radius 1 is 1.06 bits per heavy atom. The van der Waals surface area contributed by atoms with Crippen LogP contribution in [0.15, 0.2) is 66.9 Å². The molecule has 1 amide bonds. The lowest BCUT2D eigenvalue weighted by Crippen LogP contribution is -2.28. The Kier molecular flexibility index (Phi) is 7.05. The summed E-state index contributed by atoms with van der Waals surface area (Å²) >= 11 is 0. The molecule has 0 saturated carbocycles. The van der Waals surface area contributed by atoms with Gasteiger partial charge >= 0.3 is 0 Å². The number of aryl methyl sites for hydroxylation is 2. The molecule has 1 N–H and O–H groups in total. The third-order valence-corrected chi connectivity index (χ3v) is 5.95. The number of hydrogen-bond donors (Lipinski definition) is 1. The fraction of sp³-hybridized carbons (Fsp3) is 0.346. The van der Waals surface area contributed by atoms with Crippen LogP contribution >= 0.6 is 0 Å². The van der Waals surface area contributed by atoms with E-state index in [2.05, 4.69) is 45.5 Å². The number of nitrogens with one attached hydrogen (secondary N) is 1. The zero-order valence-electron chi connectivity index (χ0n) is 18.1. The summed E-state index contributed by atoms with van der Waals surface area (Å²) < 4.78 is 0. The number of hydrogen-bond acceptors (Lipinski definition) is 4. The first-order valence-electron chi connectivity index (χ1n) is 11.1. The number of nitrogens with zero attached hydrogens (tertiary/aromatic N) is 3. The molecule has 3 aromatic rings. The fourth-order valence-corrected chi connectivity index (χ4v) is 4.26. The van der Waals surface area contributed by atoms with Gasteiger partial charge in [-0.05, 0) is 56.8 Å². The summed E-state index contributed by atoms with van der Waals surface area (Å²) in [7, 11) is 0. The molecule has 5 nitrogen and oxygen atoms in total. The van der Waals surface area contributed by atoms with E-state index in [1.165, 1.54) is 5.56 Å². The molecule has 0 unspecified atom stereocenters. The largest absolute Gasteiger partial charge is 0.348 e. The van der Waals surface area contributed by atoms with Crippen molar-refractivity contribution in [2.45, 2.75) is 45.2 Å². The first-order chi connectivity index (χ1) is 15.2. The van der Waals surface area contributed by atoms with E-state index in [1.807, 2.05) is 37.3 Å². The molecular weight excluding hydrogens is 384 g/mol. The maximum atomic E-state index is 12.6. The molecule has 4 rings (SSSR count). The van der Waals surface area contributed by atoms with E-state index in [4.69, 9.17) is 4.98 Å². The molecule has 31 heavy (non-hydrogen) atoms. The first kappa shape index (κ1) is 21.2. The highest BCUT2D eigenvalue weighted by Gasteiger charge is 2.28. The number of likely N-dealkylation sites (tertiary alicyclic amines) is 1. The molecule has 1 aromatic heterocycles. The molecular formula is C26H30N4O. The summed E-state index contributed by atoms with van der Waals surface area (Å²) in [4.78, 5) is 24.4. The smallest absolute Gasteiger partial charge is 0.254 e. The normalized spacial score (nSPS) is 16.4. The van der Waals surface area contributed by atoms with Crippen molar-refractivity contribution in [2.75, 3.05) is 13.1 Å². The van der Waals surface area contributed by atoms with E-state index < -0.39 is 0 Å². The second-order valence-corrected chi connectivity index (χ2v) is 8.18. The number of rotatable bonds is 8. The first-order valence-corrected chi connectivity index (χ1v) is 11.1. The number of carbonyl (C=O) groups excluding carboxylic acids is 1. The lowest BCUT2D eigenvalue weighted by molar-refractivity contribution is 0.0949. The van der Waals surface area contributed by atoms with E-state index in [0.29, 0.717) is 12.1 Å². The topological polar surface area (TPSA) is 58.1 Å². The minimum atomic E-state index is -0.126. The van der Waals surface area contributed by atoms with Crippen molar-refractivity contribution >= 4 is 5.91 Å². The fourth-order valence-electron chi connectivity index (χ4n) is 4.26. The molecule has 160 valence electrons. The lowest BCUT2D eigenvalue weighted by atomic mass is 10.1. The second-order valence-electron chi connectivity index (χ2n) is 8.18. The van der Waals surface area contributed by atoms with Crippen molar-refractivity contribution < 1.29 is 4.79 Å². The van der Waals surface area contributed by atoms with Crippen LogP contribution in [0.3, 0.4) is 0 Å². The van der Waals surface area contributed by atoms with E-state index >= 15 is 0 Å². The second kappa shape index (κ2) is 10.3. The van der Waals surface area contributed by atoms with E-state index in [-0.39, 0.29) is 11.9 Å². The Bertz CT molecular complexity index is 991. The van der Waals surface area contributed by atoms with E-state index in [9.17, 15) is 4.79 Å². The highest BCUT2D eigenvalue weighted by molar-refractivity contribution is 5.94. The van der Waals surface area contributed by atoms with Crippen LogP contribution in [0.1, 0.15) is 58.3 Å². The highest BCUT2D eigenvalue weighted by atomic mass is 16.1. The molecule has 2 heterocycles. The molecule has 0 bridgehead atoms. The Balaban J connectivity index is 1.35. The molecule has 2 aromatic carbocycles. The maximum Gasteiger partial charge on any atom is 0.254 e. The third kappa shape index (κ3) is 5.56. The van der Waals surface area contributed by atoms with Gasteiger partial charge in [-0.1, -0.05) is 60.7 Å². The van der Waals surface area contributed by atoms with Crippen LogP contribution in [-0.2, 0) is 13.0 Å². The highest BCUT2D eigenvalue weighted by Crippen LogP contribution is 2.30. The Hall–Kier alpha value is -3.05. The lowest BCUT2D eigenvalue weighted by Gasteiger charge is -2.23. The molecule has 5 heteroatoms. The summed E-state index contributed by atoms with van der Waals surface area (Å²) in [5.74, 6) is 0.716. The van der Waals surface area contributed by atoms with Crippen molar-refractivity contribution in [1.82, 2.24) is 20.2 Å². The van der Waals surface area contributed by atoms with Crippen molar-refractivity contribution in [3.63, 3.8) is 0 Å². The van der Waals surface area contributed by atoms with Gasteiger partial charge in [0.25, 0.3) is 5.91 Å². The van der Waals surface area contributed by atoms with Crippen LogP contribution in [0.4, 0.5) is 0 Å². The molecule has 1 aliphatic rings. The minimum absolute atomic E-state index is 0.126. The molecule has 1 atom stereocenters. The van der Waals surface area contributed by atoms with Gasteiger partial charge in [0, 0.05) is 12.7 Å². The Morgan fingerprint density at radius 3 is 2.48 bits per heavy atom. The number of carbonyl (C=O) groups is 1. The molecule has 1 fully saturated rings. The van der Waals surface area contributed by atoms with Crippen molar-refractivity contribution in [1.29, 1.82) is 0 Å². The summed E-state index contributed by atoms with van der Waals surface area (Å²) in [6.07, 6.45) is 6.14. The van der Waals surface area contributed by atoms with Gasteiger partial charge in [-0.2, -0.15) is 0 Å². The van der Waals surface area contributed by atoms with Gasteiger partial charge < -0.3 is 5.32 Å². The van der Waals surface area contributed by atoms with Crippen LogP contribution < -0.4 is 5.32 Å². The standard InChI is InChI=1S/C26H30N4O/c1-20-23(26(31)28-18-22-12-6-3-7-13-22)19-27-25(29-20)24-15-9-17-30(24)16-8-14-21-10-4-2-5-11-21/h2-7,10-13,19,24H,8-9,14-18H2,1H3,(H,28,31)/t24-/m1/s1. The van der Waals surface area contributed by atoms with Gasteiger partial charge in [0.2, 0.25) is 0 Å². The van der Waals surface area contributed by atoms with Gasteiger partial charge in [-0.3, -0.25) is 9.69 Å². The monoisotopic (exact) mass is 414 g/mol. The van der Waals surface area contributed by atoms with E-state index in [0.717, 1.165) is 55.9 Å². The van der Waals surface area contributed by atoms with Gasteiger partial charge in [-0.15, -0.1) is 0 Å². The van der Waals surface area contributed by atoms with Gasteiger partial charge in [0.05, 0.1) is 17.3 Å². The zero-order chi connectivity index (χ0) is 21.5. The third-order valence-electron chi connectivity index (χ3n) is 5.95. The zero-order valence-corrected chi connectivity index (χ0v) is 18.1. The van der Waals surface area contributed by atoms with E-state index in [1.54, 1.807) is 6.20 Å². The van der Waals surface area contributed by atoms with Crippen molar-refractivity contribution in [3.05, 3.63) is 95.1 Å². The SMILES string of the molecule is Cc1nc([C@H]2CCCN2CCCc2ccccc2)ncc1C(=O)NCc1ccccc1. The molecule has 1 aliphatic heterocycles. The van der Waals surface area contributed by atoms with Crippen LogP contribution in [0.2, 0.25) is 0 Å². The summed E-state index contributed by atoms with van der Waals surface area (Å²) in [5, 5.41) is 2.97. The molecule has 0 spiro atoms. The molecule has 0 radical (unpaired) electrons. The van der Waals surface area contributed by atoms with Crippen LogP contribution in [0, 0.1) is 6.92 Å². The summed E-state index contributed by atoms with van der Waals surface area (Å²) in [6, 6.07) is 20.8. The van der Waals surface area contributed by atoms with Crippen molar-refractivity contribution in [3.8, 4) is 0 Å². The predicted octanol–water partition coefficient (Wildman–Crippen LogP) is 4.48. The Labute approximate surface area is 184 Å². The van der Waals surface area contributed by atoms with Crippen LogP contribution in [0.25, 0.3) is 0 Å². The number of amides is 1. The average Bonchev–Trinajstić information content (AvgIpc) is 3.27. The quantitative estimate of drug-likeness (QED) is 0.590. The Morgan fingerprint density at radius 2 is 1.77 bits per heavy atom. The number of aromatic nitrogens is 2. The van der Waals surface area contributed by atoms with Crippen LogP contribution in [-0.4, -0.2) is 33.9 Å². The summed E-state index contributed by atoms with van der Waals surface area (Å²) in [5.41, 5.74) is 3.75. The summed E-state index contributed by atoms with van der Waals surface area (Å²) in [6.45, 7) is 4.53. The van der Waals surface area contributed by atoms with Crippen LogP contribution in [0.5, 0.6) is 0 Å². The number of benzene rings is 2. The minimum Gasteiger partial charge on any atom is -0.348 e. The van der Waals surface area contributed by atoms with Gasteiger partial charge in [0.15, 0.2) is 0 Å².